The molecule has 1 heterocycles. The summed E-state index contributed by atoms with van der Waals surface area (Å²) in [5.74, 6) is 0.798. The van der Waals surface area contributed by atoms with Crippen molar-refractivity contribution < 1.29 is 13.5 Å². The summed E-state index contributed by atoms with van der Waals surface area (Å²) in [6.45, 7) is 0.0702. The van der Waals surface area contributed by atoms with Crippen molar-refractivity contribution in [1.29, 1.82) is 0 Å². The normalized spacial score (nSPS) is 16.8. The highest BCUT2D eigenvalue weighted by atomic mass is 19.3. The van der Waals surface area contributed by atoms with E-state index in [9.17, 15) is 8.78 Å². The molecule has 0 spiro atoms. The quantitative estimate of drug-likeness (QED) is 0.849. The van der Waals surface area contributed by atoms with Gasteiger partial charge in [0.25, 0.3) is 0 Å². The second kappa shape index (κ2) is 6.54. The fourth-order valence-corrected chi connectivity index (χ4v) is 2.15. The molecule has 0 radical (unpaired) electrons. The number of hydrogen-bond acceptors (Lipinski definition) is 3. The molecule has 3 nitrogen and oxygen atoms in total. The number of nitrogens with one attached hydrogen (secondary N) is 2. The van der Waals surface area contributed by atoms with Crippen LogP contribution in [0.1, 0.15) is 12.8 Å². The van der Waals surface area contributed by atoms with Gasteiger partial charge in [0.1, 0.15) is 5.75 Å². The lowest BCUT2D eigenvalue weighted by Gasteiger charge is -2.23. The third-order valence-corrected chi connectivity index (χ3v) is 3.14. The van der Waals surface area contributed by atoms with Crippen LogP contribution < -0.4 is 15.4 Å². The van der Waals surface area contributed by atoms with Crippen LogP contribution in [0.15, 0.2) is 24.3 Å². The summed E-state index contributed by atoms with van der Waals surface area (Å²) in [6, 6.07) is 6.81. The summed E-state index contributed by atoms with van der Waals surface area (Å²) in [5.41, 5.74) is 0.635. The number of ether oxygens (including phenoxy) is 1. The van der Waals surface area contributed by atoms with Crippen LogP contribution in [0.2, 0.25) is 0 Å². The van der Waals surface area contributed by atoms with Gasteiger partial charge in [-0.3, -0.25) is 0 Å². The molecule has 100 valence electrons. The highest BCUT2D eigenvalue weighted by Crippen LogP contribution is 2.26. The number of halogens is 2. The Morgan fingerprint density at radius 1 is 1.28 bits per heavy atom. The fraction of sp³-hybridized carbons (Fsp3) is 0.538. The summed E-state index contributed by atoms with van der Waals surface area (Å²) in [4.78, 5) is 0. The van der Waals surface area contributed by atoms with Crippen molar-refractivity contribution in [3.05, 3.63) is 24.3 Å². The highest BCUT2D eigenvalue weighted by Gasteiger charge is 2.14. The van der Waals surface area contributed by atoms with Gasteiger partial charge in [-0.2, -0.15) is 8.78 Å². The predicted octanol–water partition coefficient (Wildman–Crippen LogP) is 2.70. The van der Waals surface area contributed by atoms with Gasteiger partial charge in [-0.1, -0.05) is 12.1 Å². The lowest BCUT2D eigenvalue weighted by atomic mass is 9.98. The summed E-state index contributed by atoms with van der Waals surface area (Å²) in [7, 11) is 0. The molecule has 0 unspecified atom stereocenters. The van der Waals surface area contributed by atoms with Crippen LogP contribution in [0.4, 0.5) is 14.5 Å². The second-order valence-corrected chi connectivity index (χ2v) is 4.45. The molecule has 0 aliphatic carbocycles. The molecule has 1 aromatic rings. The number of alkyl halides is 2. The molecule has 0 bridgehead atoms. The maximum atomic E-state index is 12.2. The second-order valence-electron chi connectivity index (χ2n) is 4.45. The SMILES string of the molecule is FC(F)Oc1ccccc1NCC1CCNCC1. The van der Waals surface area contributed by atoms with Crippen LogP contribution in [-0.4, -0.2) is 26.2 Å². The van der Waals surface area contributed by atoms with E-state index < -0.39 is 6.61 Å². The first-order valence-electron chi connectivity index (χ1n) is 6.24. The molecule has 2 N–H and O–H groups in total. The van der Waals surface area contributed by atoms with E-state index in [1.54, 1.807) is 18.2 Å². The molecule has 0 amide bonds. The zero-order chi connectivity index (χ0) is 12.8. The minimum atomic E-state index is -2.79. The van der Waals surface area contributed by atoms with Gasteiger partial charge in [-0.15, -0.1) is 0 Å². The standard InChI is InChI=1S/C13H18F2N2O/c14-13(15)18-12-4-2-1-3-11(12)17-9-10-5-7-16-8-6-10/h1-4,10,13,16-17H,5-9H2. The van der Waals surface area contributed by atoms with E-state index in [0.29, 0.717) is 11.6 Å². The lowest BCUT2D eigenvalue weighted by Crippen LogP contribution is -2.31. The molecular formula is C13H18F2N2O. The number of hydrogen-bond donors (Lipinski definition) is 2. The molecular weight excluding hydrogens is 238 g/mol. The third kappa shape index (κ3) is 3.84. The maximum absolute atomic E-state index is 12.2. The van der Waals surface area contributed by atoms with E-state index in [2.05, 4.69) is 15.4 Å². The van der Waals surface area contributed by atoms with Crippen LogP contribution >= 0.6 is 0 Å². The van der Waals surface area contributed by atoms with Crippen LogP contribution in [0.3, 0.4) is 0 Å². The van der Waals surface area contributed by atoms with Gasteiger partial charge < -0.3 is 15.4 Å². The van der Waals surface area contributed by atoms with E-state index in [1.807, 2.05) is 6.07 Å². The van der Waals surface area contributed by atoms with Crippen molar-refractivity contribution in [3.8, 4) is 5.75 Å². The average Bonchev–Trinajstić information content (AvgIpc) is 2.38. The van der Waals surface area contributed by atoms with Crippen molar-refractivity contribution in [2.45, 2.75) is 19.5 Å². The first-order chi connectivity index (χ1) is 8.75. The van der Waals surface area contributed by atoms with Crippen molar-refractivity contribution >= 4 is 5.69 Å². The molecule has 0 atom stereocenters. The minimum Gasteiger partial charge on any atom is -0.433 e. The number of piperidine rings is 1. The first kappa shape index (κ1) is 13.1. The fourth-order valence-electron chi connectivity index (χ4n) is 2.15. The zero-order valence-electron chi connectivity index (χ0n) is 10.2. The Kier molecular flexibility index (Phi) is 4.75. The van der Waals surface area contributed by atoms with Gasteiger partial charge in [0, 0.05) is 6.54 Å². The molecule has 1 fully saturated rings. The highest BCUT2D eigenvalue weighted by molar-refractivity contribution is 5.56. The van der Waals surface area contributed by atoms with E-state index in [4.69, 9.17) is 0 Å². The Morgan fingerprint density at radius 2 is 2.00 bits per heavy atom. The lowest BCUT2D eigenvalue weighted by molar-refractivity contribution is -0.0493. The number of benzene rings is 1. The Labute approximate surface area is 106 Å². The van der Waals surface area contributed by atoms with Gasteiger partial charge in [0.15, 0.2) is 0 Å². The average molecular weight is 256 g/mol. The van der Waals surface area contributed by atoms with E-state index in [0.717, 1.165) is 32.5 Å². The third-order valence-electron chi connectivity index (χ3n) is 3.14. The van der Waals surface area contributed by atoms with E-state index >= 15 is 0 Å². The molecule has 1 aliphatic rings. The summed E-state index contributed by atoms with van der Waals surface area (Å²) in [5, 5.41) is 6.50. The van der Waals surface area contributed by atoms with Gasteiger partial charge in [-0.05, 0) is 44.0 Å². The Morgan fingerprint density at radius 3 is 2.72 bits per heavy atom. The Balaban J connectivity index is 1.91. The molecule has 18 heavy (non-hydrogen) atoms. The van der Waals surface area contributed by atoms with Crippen molar-refractivity contribution in [3.63, 3.8) is 0 Å². The maximum Gasteiger partial charge on any atom is 0.387 e. The van der Waals surface area contributed by atoms with Crippen molar-refractivity contribution in [1.82, 2.24) is 5.32 Å². The largest absolute Gasteiger partial charge is 0.433 e. The van der Waals surface area contributed by atoms with E-state index in [-0.39, 0.29) is 5.75 Å². The van der Waals surface area contributed by atoms with Gasteiger partial charge >= 0.3 is 6.61 Å². The number of para-hydroxylation sites is 2. The van der Waals surface area contributed by atoms with Gasteiger partial charge in [0.2, 0.25) is 0 Å². The van der Waals surface area contributed by atoms with Crippen LogP contribution in [0.5, 0.6) is 5.75 Å². The monoisotopic (exact) mass is 256 g/mol. The summed E-state index contributed by atoms with van der Waals surface area (Å²) < 4.78 is 29.0. The van der Waals surface area contributed by atoms with Crippen LogP contribution in [0, 0.1) is 5.92 Å². The molecule has 0 aromatic heterocycles. The zero-order valence-corrected chi connectivity index (χ0v) is 10.2. The number of rotatable bonds is 5. The van der Waals surface area contributed by atoms with E-state index in [1.165, 1.54) is 0 Å². The molecule has 2 rings (SSSR count). The predicted molar refractivity (Wildman–Crippen MR) is 67.2 cm³/mol. The van der Waals surface area contributed by atoms with Crippen LogP contribution in [0.25, 0.3) is 0 Å². The number of anilines is 1. The first-order valence-corrected chi connectivity index (χ1v) is 6.24. The van der Waals surface area contributed by atoms with Crippen molar-refractivity contribution in [2.24, 2.45) is 5.92 Å². The van der Waals surface area contributed by atoms with Gasteiger partial charge in [-0.25, -0.2) is 0 Å². The van der Waals surface area contributed by atoms with Crippen molar-refractivity contribution in [2.75, 3.05) is 25.0 Å². The molecule has 1 saturated heterocycles. The topological polar surface area (TPSA) is 33.3 Å². The molecule has 1 aromatic carbocycles. The molecule has 1 aliphatic heterocycles. The molecule has 0 saturated carbocycles. The smallest absolute Gasteiger partial charge is 0.387 e. The summed E-state index contributed by atoms with van der Waals surface area (Å²) >= 11 is 0. The summed E-state index contributed by atoms with van der Waals surface area (Å²) in [6.07, 6.45) is 2.23. The van der Waals surface area contributed by atoms with Gasteiger partial charge in [0.05, 0.1) is 5.69 Å². The Bertz CT molecular complexity index is 368. The molecule has 5 heteroatoms. The Hall–Kier alpha value is -1.36. The minimum absolute atomic E-state index is 0.210. The van der Waals surface area contributed by atoms with Crippen LogP contribution in [-0.2, 0) is 0 Å².